The number of carbonyl (C=O) groups is 1. The van der Waals surface area contributed by atoms with Crippen LogP contribution in [0.1, 0.15) is 19.3 Å². The zero-order valence-electron chi connectivity index (χ0n) is 11.1. The molecule has 2 rings (SSSR count). The molecule has 1 amide bonds. The molecule has 1 aromatic heterocycles. The van der Waals surface area contributed by atoms with E-state index in [0.717, 1.165) is 25.9 Å². The lowest BCUT2D eigenvalue weighted by Gasteiger charge is -2.25. The molecule has 5 nitrogen and oxygen atoms in total. The van der Waals surface area contributed by atoms with Crippen molar-refractivity contribution in [3.63, 3.8) is 0 Å². The van der Waals surface area contributed by atoms with Crippen molar-refractivity contribution in [3.8, 4) is 0 Å². The fraction of sp³-hybridized carbons (Fsp3) is 0.462. The second kappa shape index (κ2) is 7.50. The number of nitrogen functional groups attached to an aromatic ring is 1. The van der Waals surface area contributed by atoms with Gasteiger partial charge in [-0.05, 0) is 25.3 Å². The predicted molar refractivity (Wildman–Crippen MR) is 81.7 cm³/mol. The number of aromatic nitrogens is 2. The topological polar surface area (TPSA) is 72.1 Å². The van der Waals surface area contributed by atoms with Crippen molar-refractivity contribution in [2.24, 2.45) is 0 Å². The first-order valence-corrected chi connectivity index (χ1v) is 7.90. The minimum Gasteiger partial charge on any atom is -0.384 e. The molecule has 20 heavy (non-hydrogen) atoms. The Balaban J connectivity index is 1.79. The third kappa shape index (κ3) is 4.68. The van der Waals surface area contributed by atoms with E-state index in [0.29, 0.717) is 21.9 Å². The van der Waals surface area contributed by atoms with Gasteiger partial charge in [0.15, 0.2) is 5.16 Å². The molecule has 2 N–H and O–H groups in total. The third-order valence-corrected chi connectivity index (χ3v) is 3.92. The summed E-state index contributed by atoms with van der Waals surface area (Å²) in [6.45, 7) is 1.73. The van der Waals surface area contributed by atoms with Gasteiger partial charge in [0.2, 0.25) is 5.91 Å². The average molecular weight is 313 g/mol. The Morgan fingerprint density at radius 2 is 2.15 bits per heavy atom. The van der Waals surface area contributed by atoms with Gasteiger partial charge >= 0.3 is 0 Å². The Morgan fingerprint density at radius 3 is 2.85 bits per heavy atom. The number of anilines is 1. The number of rotatable bonds is 4. The van der Waals surface area contributed by atoms with E-state index in [9.17, 15) is 4.79 Å². The van der Waals surface area contributed by atoms with Crippen LogP contribution in [-0.4, -0.2) is 39.6 Å². The summed E-state index contributed by atoms with van der Waals surface area (Å²) in [7, 11) is 0. The molecule has 0 bridgehead atoms. The maximum atomic E-state index is 11.9. The lowest BCUT2D eigenvalue weighted by molar-refractivity contribution is -0.126. The SMILES string of the molecule is Nc1cc(Cl)nc(SCC=CC(=O)N2CCCCC2)n1. The van der Waals surface area contributed by atoms with Crippen LogP contribution in [0.4, 0.5) is 5.82 Å². The van der Waals surface area contributed by atoms with Crippen molar-refractivity contribution in [2.45, 2.75) is 24.4 Å². The minimum atomic E-state index is 0.0804. The van der Waals surface area contributed by atoms with E-state index in [1.54, 1.807) is 6.08 Å². The van der Waals surface area contributed by atoms with Gasteiger partial charge < -0.3 is 10.6 Å². The number of hydrogen-bond acceptors (Lipinski definition) is 5. The van der Waals surface area contributed by atoms with Gasteiger partial charge in [-0.15, -0.1) is 0 Å². The molecule has 1 aliphatic rings. The Labute approximate surface area is 127 Å². The summed E-state index contributed by atoms with van der Waals surface area (Å²) >= 11 is 7.18. The maximum absolute atomic E-state index is 11.9. The summed E-state index contributed by atoms with van der Waals surface area (Å²) in [4.78, 5) is 21.9. The summed E-state index contributed by atoms with van der Waals surface area (Å²) in [5, 5.41) is 0.846. The van der Waals surface area contributed by atoms with Crippen LogP contribution >= 0.6 is 23.4 Å². The van der Waals surface area contributed by atoms with Gasteiger partial charge in [0.25, 0.3) is 0 Å². The highest BCUT2D eigenvalue weighted by molar-refractivity contribution is 7.99. The Kier molecular flexibility index (Phi) is 5.67. The minimum absolute atomic E-state index is 0.0804. The fourth-order valence-corrected chi connectivity index (χ4v) is 2.89. The molecule has 1 fully saturated rings. The highest BCUT2D eigenvalue weighted by Crippen LogP contribution is 2.18. The van der Waals surface area contributed by atoms with Crippen LogP contribution in [0.5, 0.6) is 0 Å². The molecule has 1 aliphatic heterocycles. The summed E-state index contributed by atoms with van der Waals surface area (Å²) in [6.07, 6.45) is 6.86. The van der Waals surface area contributed by atoms with Crippen LogP contribution in [0.3, 0.4) is 0 Å². The Bertz CT molecular complexity index is 483. The van der Waals surface area contributed by atoms with E-state index < -0.39 is 0 Å². The van der Waals surface area contributed by atoms with E-state index >= 15 is 0 Å². The highest BCUT2D eigenvalue weighted by Gasteiger charge is 2.13. The number of piperidine rings is 1. The van der Waals surface area contributed by atoms with Gasteiger partial charge in [0.05, 0.1) is 0 Å². The van der Waals surface area contributed by atoms with Gasteiger partial charge in [-0.25, -0.2) is 9.97 Å². The van der Waals surface area contributed by atoms with E-state index in [4.69, 9.17) is 17.3 Å². The molecule has 0 atom stereocenters. The Morgan fingerprint density at radius 1 is 1.40 bits per heavy atom. The van der Waals surface area contributed by atoms with Crippen LogP contribution in [0.2, 0.25) is 5.15 Å². The first-order chi connectivity index (χ1) is 9.65. The zero-order chi connectivity index (χ0) is 14.4. The largest absolute Gasteiger partial charge is 0.384 e. The number of halogens is 1. The summed E-state index contributed by atoms with van der Waals surface area (Å²) in [5.41, 5.74) is 5.58. The lowest BCUT2D eigenvalue weighted by atomic mass is 10.1. The molecule has 0 aromatic carbocycles. The molecule has 1 saturated heterocycles. The quantitative estimate of drug-likeness (QED) is 0.400. The molecule has 0 unspecified atom stereocenters. The lowest BCUT2D eigenvalue weighted by Crippen LogP contribution is -2.34. The predicted octanol–water partition coefficient (Wildman–Crippen LogP) is 2.37. The molecule has 1 aromatic rings. The van der Waals surface area contributed by atoms with Gasteiger partial charge in [-0.3, -0.25) is 4.79 Å². The van der Waals surface area contributed by atoms with Crippen LogP contribution in [0, 0.1) is 0 Å². The van der Waals surface area contributed by atoms with Crippen molar-refractivity contribution < 1.29 is 4.79 Å². The van der Waals surface area contributed by atoms with E-state index in [1.807, 2.05) is 11.0 Å². The number of likely N-dealkylation sites (tertiary alicyclic amines) is 1. The van der Waals surface area contributed by atoms with Gasteiger partial charge in [0.1, 0.15) is 11.0 Å². The highest BCUT2D eigenvalue weighted by atomic mass is 35.5. The second-order valence-corrected chi connectivity index (χ2v) is 5.87. The molecule has 108 valence electrons. The van der Waals surface area contributed by atoms with Crippen LogP contribution in [0.25, 0.3) is 0 Å². The van der Waals surface area contributed by atoms with Crippen molar-refractivity contribution in [1.29, 1.82) is 0 Å². The smallest absolute Gasteiger partial charge is 0.246 e. The molecule has 0 spiro atoms. The average Bonchev–Trinajstić information content (AvgIpc) is 2.43. The Hall–Kier alpha value is -1.27. The molecule has 0 radical (unpaired) electrons. The number of nitrogens with two attached hydrogens (primary N) is 1. The van der Waals surface area contributed by atoms with Crippen molar-refractivity contribution in [2.75, 3.05) is 24.6 Å². The van der Waals surface area contributed by atoms with E-state index in [-0.39, 0.29) is 5.91 Å². The summed E-state index contributed by atoms with van der Waals surface area (Å²) in [5.74, 6) is 1.04. The molecule has 0 saturated carbocycles. The molecule has 7 heteroatoms. The van der Waals surface area contributed by atoms with Crippen LogP contribution in [-0.2, 0) is 4.79 Å². The second-order valence-electron chi connectivity index (χ2n) is 4.50. The first kappa shape index (κ1) is 15.1. The van der Waals surface area contributed by atoms with Gasteiger partial charge in [-0.2, -0.15) is 0 Å². The van der Waals surface area contributed by atoms with Crippen LogP contribution < -0.4 is 5.73 Å². The first-order valence-electron chi connectivity index (χ1n) is 6.53. The van der Waals surface area contributed by atoms with E-state index in [1.165, 1.54) is 24.2 Å². The number of thioether (sulfide) groups is 1. The zero-order valence-corrected chi connectivity index (χ0v) is 12.7. The number of carbonyl (C=O) groups excluding carboxylic acids is 1. The molecule has 2 heterocycles. The summed E-state index contributed by atoms with van der Waals surface area (Å²) in [6, 6.07) is 1.50. The molecule has 0 aliphatic carbocycles. The normalized spacial score (nSPS) is 15.8. The maximum Gasteiger partial charge on any atom is 0.246 e. The standard InChI is InChI=1S/C13H17ClN4OS/c14-10-9-11(15)17-13(16-10)20-8-4-5-12(19)18-6-2-1-3-7-18/h4-5,9H,1-3,6-8H2,(H2,15,16,17). The molecular weight excluding hydrogens is 296 g/mol. The van der Waals surface area contributed by atoms with Crippen molar-refractivity contribution in [1.82, 2.24) is 14.9 Å². The summed E-state index contributed by atoms with van der Waals surface area (Å²) < 4.78 is 0. The number of amides is 1. The van der Waals surface area contributed by atoms with E-state index in [2.05, 4.69) is 9.97 Å². The molecular formula is C13H17ClN4OS. The number of nitrogens with zero attached hydrogens (tertiary/aromatic N) is 3. The van der Waals surface area contributed by atoms with Crippen molar-refractivity contribution >= 4 is 35.1 Å². The number of hydrogen-bond donors (Lipinski definition) is 1. The van der Waals surface area contributed by atoms with Gasteiger partial charge in [-0.1, -0.05) is 29.4 Å². The third-order valence-electron chi connectivity index (χ3n) is 2.93. The monoisotopic (exact) mass is 312 g/mol. The van der Waals surface area contributed by atoms with Crippen molar-refractivity contribution in [3.05, 3.63) is 23.4 Å². The van der Waals surface area contributed by atoms with Gasteiger partial charge in [0, 0.05) is 24.9 Å². The fourth-order valence-electron chi connectivity index (χ4n) is 1.97. The van der Waals surface area contributed by atoms with Crippen LogP contribution in [0.15, 0.2) is 23.4 Å².